The molecular formula is C19H25NO2. The van der Waals surface area contributed by atoms with Gasteiger partial charge in [-0.25, -0.2) is 0 Å². The normalized spacial score (nSPS) is 37.1. The zero-order valence-corrected chi connectivity index (χ0v) is 13.1. The first kappa shape index (κ1) is 13.2. The fourth-order valence-corrected chi connectivity index (χ4v) is 5.37. The second-order valence-corrected chi connectivity index (χ2v) is 7.88. The molecule has 2 aliphatic heterocycles. The van der Waals surface area contributed by atoms with Crippen LogP contribution in [0, 0.1) is 11.8 Å². The van der Waals surface area contributed by atoms with Gasteiger partial charge in [0.2, 0.25) is 0 Å². The SMILES string of the molecule is Oc1cccc2c1O[C@@H]1CCC[C@@H]3CN(CC4CC4)CC[C@]231. The van der Waals surface area contributed by atoms with E-state index < -0.39 is 0 Å². The van der Waals surface area contributed by atoms with Gasteiger partial charge < -0.3 is 14.7 Å². The molecule has 0 bridgehead atoms. The van der Waals surface area contributed by atoms with Gasteiger partial charge in [-0.3, -0.25) is 0 Å². The van der Waals surface area contributed by atoms with Crippen LogP contribution >= 0.6 is 0 Å². The Morgan fingerprint density at radius 2 is 2.14 bits per heavy atom. The van der Waals surface area contributed by atoms with E-state index in [1.807, 2.05) is 6.07 Å². The highest BCUT2D eigenvalue weighted by atomic mass is 16.5. The highest BCUT2D eigenvalue weighted by molar-refractivity contribution is 5.54. The summed E-state index contributed by atoms with van der Waals surface area (Å²) in [4.78, 5) is 2.71. The number of hydrogen-bond acceptors (Lipinski definition) is 3. The lowest BCUT2D eigenvalue weighted by molar-refractivity contribution is -0.00838. The zero-order valence-electron chi connectivity index (χ0n) is 13.1. The number of fused-ring (bicyclic) bond motifs is 1. The lowest BCUT2D eigenvalue weighted by Crippen LogP contribution is -2.56. The molecule has 0 amide bonds. The van der Waals surface area contributed by atoms with Crippen molar-refractivity contribution >= 4 is 0 Å². The number of rotatable bonds is 2. The molecule has 4 aliphatic rings. The van der Waals surface area contributed by atoms with E-state index in [-0.39, 0.29) is 11.5 Å². The predicted molar refractivity (Wildman–Crippen MR) is 85.3 cm³/mol. The molecule has 2 heterocycles. The summed E-state index contributed by atoms with van der Waals surface area (Å²) in [6.45, 7) is 3.73. The Bertz CT molecular complexity index is 597. The summed E-state index contributed by atoms with van der Waals surface area (Å²) in [7, 11) is 0. The van der Waals surface area contributed by atoms with Crippen molar-refractivity contribution in [2.45, 2.75) is 50.0 Å². The van der Waals surface area contributed by atoms with Gasteiger partial charge in [0, 0.05) is 24.1 Å². The quantitative estimate of drug-likeness (QED) is 0.909. The molecule has 1 N–H and O–H groups in total. The van der Waals surface area contributed by atoms with Gasteiger partial charge in [-0.15, -0.1) is 0 Å². The van der Waals surface area contributed by atoms with Gasteiger partial charge in [0.05, 0.1) is 0 Å². The number of aromatic hydroxyl groups is 1. The van der Waals surface area contributed by atoms with Gasteiger partial charge in [-0.05, 0) is 63.0 Å². The van der Waals surface area contributed by atoms with Gasteiger partial charge in [0.15, 0.2) is 11.5 Å². The summed E-state index contributed by atoms with van der Waals surface area (Å²) in [5, 5.41) is 10.2. The van der Waals surface area contributed by atoms with Crippen molar-refractivity contribution in [3.8, 4) is 11.5 Å². The highest BCUT2D eigenvalue weighted by Crippen LogP contribution is 2.58. The van der Waals surface area contributed by atoms with Crippen molar-refractivity contribution in [1.29, 1.82) is 0 Å². The molecule has 22 heavy (non-hydrogen) atoms. The first-order valence-corrected chi connectivity index (χ1v) is 8.99. The van der Waals surface area contributed by atoms with Crippen molar-refractivity contribution < 1.29 is 9.84 Å². The van der Waals surface area contributed by atoms with E-state index in [1.54, 1.807) is 6.07 Å². The molecular weight excluding hydrogens is 274 g/mol. The average Bonchev–Trinajstić information content (AvgIpc) is 3.27. The molecule has 5 rings (SSSR count). The van der Waals surface area contributed by atoms with Crippen LogP contribution in [0.2, 0.25) is 0 Å². The van der Waals surface area contributed by atoms with E-state index in [1.165, 1.54) is 57.3 Å². The number of hydrogen-bond donors (Lipinski definition) is 1. The van der Waals surface area contributed by atoms with Crippen LogP contribution in [0.15, 0.2) is 18.2 Å². The minimum absolute atomic E-state index is 0.173. The molecule has 3 heteroatoms. The summed E-state index contributed by atoms with van der Waals surface area (Å²) in [6, 6.07) is 5.98. The summed E-state index contributed by atoms with van der Waals surface area (Å²) in [6.07, 6.45) is 8.10. The molecule has 0 unspecified atom stereocenters. The lowest BCUT2D eigenvalue weighted by atomic mass is 9.58. The van der Waals surface area contributed by atoms with Crippen LogP contribution in [-0.2, 0) is 5.41 Å². The van der Waals surface area contributed by atoms with Crippen LogP contribution in [-0.4, -0.2) is 35.7 Å². The Labute approximate surface area is 132 Å². The summed E-state index contributed by atoms with van der Waals surface area (Å²) in [5.74, 6) is 2.79. The Balaban J connectivity index is 1.51. The largest absolute Gasteiger partial charge is 0.504 e. The third-order valence-corrected chi connectivity index (χ3v) is 6.61. The van der Waals surface area contributed by atoms with E-state index in [0.717, 1.165) is 18.1 Å². The summed E-state index contributed by atoms with van der Waals surface area (Å²) in [5.41, 5.74) is 1.47. The molecule has 3 atom stereocenters. The second kappa shape index (κ2) is 4.64. The number of nitrogens with zero attached hydrogens (tertiary/aromatic N) is 1. The van der Waals surface area contributed by atoms with Gasteiger partial charge in [-0.1, -0.05) is 12.1 Å². The van der Waals surface area contributed by atoms with Crippen molar-refractivity contribution in [3.63, 3.8) is 0 Å². The molecule has 118 valence electrons. The van der Waals surface area contributed by atoms with Crippen LogP contribution in [0.3, 0.4) is 0 Å². The molecule has 3 fully saturated rings. The molecule has 3 nitrogen and oxygen atoms in total. The van der Waals surface area contributed by atoms with Gasteiger partial charge in [-0.2, -0.15) is 0 Å². The van der Waals surface area contributed by atoms with Crippen LogP contribution in [0.5, 0.6) is 11.5 Å². The number of ether oxygens (including phenoxy) is 1. The third-order valence-electron chi connectivity index (χ3n) is 6.61. The first-order valence-electron chi connectivity index (χ1n) is 8.99. The van der Waals surface area contributed by atoms with E-state index in [4.69, 9.17) is 4.74 Å². The highest BCUT2D eigenvalue weighted by Gasteiger charge is 2.57. The molecule has 0 radical (unpaired) electrons. The first-order chi connectivity index (χ1) is 10.8. The Morgan fingerprint density at radius 3 is 3.00 bits per heavy atom. The van der Waals surface area contributed by atoms with Gasteiger partial charge >= 0.3 is 0 Å². The summed E-state index contributed by atoms with van der Waals surface area (Å²) >= 11 is 0. The third kappa shape index (κ3) is 1.78. The standard InChI is InChI=1S/C19H25NO2/c21-16-5-2-4-15-18(16)22-17-6-1-3-14-12-20(11-13-7-8-13)10-9-19(14,15)17/h2,4-5,13-14,17,21H,1,3,6-12H2/t14-,17-,19-/m1/s1. The van der Waals surface area contributed by atoms with Crippen molar-refractivity contribution in [3.05, 3.63) is 23.8 Å². The number of phenols is 1. The fourth-order valence-electron chi connectivity index (χ4n) is 5.37. The molecule has 1 spiro atoms. The van der Waals surface area contributed by atoms with Gasteiger partial charge in [0.25, 0.3) is 0 Å². The van der Waals surface area contributed by atoms with Crippen molar-refractivity contribution in [1.82, 2.24) is 4.90 Å². The van der Waals surface area contributed by atoms with Crippen molar-refractivity contribution in [2.75, 3.05) is 19.6 Å². The zero-order chi connectivity index (χ0) is 14.7. The maximum atomic E-state index is 10.2. The monoisotopic (exact) mass is 299 g/mol. The Morgan fingerprint density at radius 1 is 1.23 bits per heavy atom. The van der Waals surface area contributed by atoms with Crippen LogP contribution in [0.4, 0.5) is 0 Å². The average molecular weight is 299 g/mol. The fraction of sp³-hybridized carbons (Fsp3) is 0.684. The van der Waals surface area contributed by atoms with E-state index in [0.29, 0.717) is 11.7 Å². The van der Waals surface area contributed by atoms with E-state index in [2.05, 4.69) is 11.0 Å². The van der Waals surface area contributed by atoms with Crippen molar-refractivity contribution in [2.24, 2.45) is 11.8 Å². The molecule has 1 saturated heterocycles. The lowest BCUT2D eigenvalue weighted by Gasteiger charge is -2.51. The minimum Gasteiger partial charge on any atom is -0.504 e. The topological polar surface area (TPSA) is 32.7 Å². The minimum atomic E-state index is 0.173. The van der Waals surface area contributed by atoms with Crippen LogP contribution < -0.4 is 4.74 Å². The van der Waals surface area contributed by atoms with Gasteiger partial charge in [0.1, 0.15) is 6.10 Å². The maximum absolute atomic E-state index is 10.2. The molecule has 2 aliphatic carbocycles. The smallest absolute Gasteiger partial charge is 0.165 e. The molecule has 0 aromatic heterocycles. The number of likely N-dealkylation sites (tertiary alicyclic amines) is 1. The Hall–Kier alpha value is -1.22. The van der Waals surface area contributed by atoms with E-state index >= 15 is 0 Å². The van der Waals surface area contributed by atoms with Crippen LogP contribution in [0.1, 0.15) is 44.1 Å². The number of piperidine rings is 1. The number of phenolic OH excluding ortho intramolecular Hbond substituents is 1. The molecule has 1 aromatic carbocycles. The van der Waals surface area contributed by atoms with E-state index in [9.17, 15) is 5.11 Å². The van der Waals surface area contributed by atoms with Crippen LogP contribution in [0.25, 0.3) is 0 Å². The number of para-hydroxylation sites is 1. The maximum Gasteiger partial charge on any atom is 0.165 e. The number of benzene rings is 1. The predicted octanol–water partition coefficient (Wildman–Crippen LogP) is 3.31. The Kier molecular flexibility index (Phi) is 2.79. The molecule has 2 saturated carbocycles. The summed E-state index contributed by atoms with van der Waals surface area (Å²) < 4.78 is 6.26. The molecule has 1 aromatic rings. The second-order valence-electron chi connectivity index (χ2n) is 7.88.